The van der Waals surface area contributed by atoms with Gasteiger partial charge >= 0.3 is 0 Å². The molecule has 35 heavy (non-hydrogen) atoms. The first kappa shape index (κ1) is 26.8. The molecule has 1 atom stereocenters. The highest BCUT2D eigenvalue weighted by atomic mass is 79.9. The summed E-state index contributed by atoms with van der Waals surface area (Å²) in [4.78, 5) is 28.3. The number of amides is 2. The Labute approximate surface area is 220 Å². The fourth-order valence-corrected chi connectivity index (χ4v) is 4.40. The van der Waals surface area contributed by atoms with Crippen LogP contribution in [0.15, 0.2) is 77.3 Å². The maximum atomic E-state index is 13.5. The van der Waals surface area contributed by atoms with Gasteiger partial charge in [-0.25, -0.2) is 0 Å². The number of hydrogen-bond donors (Lipinski definition) is 1. The average Bonchev–Trinajstić information content (AvgIpc) is 2.87. The van der Waals surface area contributed by atoms with E-state index >= 15 is 0 Å². The number of ether oxygens (including phenoxy) is 1. The molecular formula is C28H30BrClN2O3. The Kier molecular flexibility index (Phi) is 10.2. The van der Waals surface area contributed by atoms with E-state index in [9.17, 15) is 9.59 Å². The van der Waals surface area contributed by atoms with E-state index < -0.39 is 6.04 Å². The Balaban J connectivity index is 1.88. The lowest BCUT2D eigenvalue weighted by molar-refractivity contribution is -0.142. The largest absolute Gasteiger partial charge is 0.483 e. The Morgan fingerprint density at radius 3 is 2.29 bits per heavy atom. The van der Waals surface area contributed by atoms with E-state index in [1.165, 1.54) is 5.56 Å². The van der Waals surface area contributed by atoms with Crippen molar-refractivity contribution in [1.29, 1.82) is 0 Å². The number of nitrogens with zero attached hydrogens (tertiary/aromatic N) is 1. The third-order valence-corrected chi connectivity index (χ3v) is 6.52. The lowest BCUT2D eigenvalue weighted by atomic mass is 10.0. The Bertz CT molecular complexity index is 1120. The van der Waals surface area contributed by atoms with Crippen LogP contribution in [0.2, 0.25) is 5.02 Å². The molecule has 0 aromatic heterocycles. The number of carbonyl (C=O) groups is 2. The van der Waals surface area contributed by atoms with Crippen molar-refractivity contribution in [2.45, 2.75) is 39.3 Å². The molecule has 0 spiro atoms. The lowest BCUT2D eigenvalue weighted by Gasteiger charge is -2.31. The molecular weight excluding hydrogens is 528 g/mol. The van der Waals surface area contributed by atoms with Gasteiger partial charge < -0.3 is 15.0 Å². The quantitative estimate of drug-likeness (QED) is 0.323. The van der Waals surface area contributed by atoms with Crippen molar-refractivity contribution < 1.29 is 14.3 Å². The minimum atomic E-state index is -0.699. The molecule has 0 fully saturated rings. The van der Waals surface area contributed by atoms with Crippen molar-refractivity contribution in [3.63, 3.8) is 0 Å². The van der Waals surface area contributed by atoms with Crippen molar-refractivity contribution >= 4 is 39.3 Å². The molecule has 7 heteroatoms. The second-order valence-corrected chi connectivity index (χ2v) is 9.45. The van der Waals surface area contributed by atoms with Gasteiger partial charge in [0.25, 0.3) is 5.91 Å². The van der Waals surface area contributed by atoms with Crippen LogP contribution < -0.4 is 10.1 Å². The third kappa shape index (κ3) is 7.84. The molecule has 0 saturated carbocycles. The highest BCUT2D eigenvalue weighted by molar-refractivity contribution is 9.10. The molecule has 3 rings (SSSR count). The second kappa shape index (κ2) is 13.3. The first-order valence-electron chi connectivity index (χ1n) is 11.7. The van der Waals surface area contributed by atoms with Gasteiger partial charge in [-0.1, -0.05) is 67.1 Å². The summed E-state index contributed by atoms with van der Waals surface area (Å²) in [6.45, 7) is 4.48. The standard InChI is InChI=1S/C28H30BrClN2O3/c1-3-20-12-15-26(24(29)16-20)35-19-27(33)32(18-22-10-13-23(30)14-11-22)25(28(34)31-4-2)17-21-8-6-5-7-9-21/h5-16,25H,3-4,17-19H2,1-2H3,(H,31,34). The van der Waals surface area contributed by atoms with Crippen LogP contribution in [0.5, 0.6) is 5.75 Å². The smallest absolute Gasteiger partial charge is 0.261 e. The number of halogens is 2. The van der Waals surface area contributed by atoms with Crippen LogP contribution in [0.3, 0.4) is 0 Å². The van der Waals surface area contributed by atoms with Gasteiger partial charge in [0.1, 0.15) is 11.8 Å². The van der Waals surface area contributed by atoms with Gasteiger partial charge in [-0.3, -0.25) is 9.59 Å². The van der Waals surface area contributed by atoms with Gasteiger partial charge in [0.05, 0.1) is 4.47 Å². The van der Waals surface area contributed by atoms with Gasteiger partial charge in [-0.2, -0.15) is 0 Å². The summed E-state index contributed by atoms with van der Waals surface area (Å²) in [6.07, 6.45) is 1.29. The molecule has 0 saturated heterocycles. The second-order valence-electron chi connectivity index (χ2n) is 8.16. The fraction of sp³-hybridized carbons (Fsp3) is 0.286. The lowest BCUT2D eigenvalue weighted by Crippen LogP contribution is -2.51. The number of benzene rings is 3. The predicted octanol–water partition coefficient (Wildman–Crippen LogP) is 5.82. The summed E-state index contributed by atoms with van der Waals surface area (Å²) >= 11 is 9.58. The first-order chi connectivity index (χ1) is 16.9. The molecule has 3 aromatic carbocycles. The van der Waals surface area contributed by atoms with E-state index in [0.717, 1.165) is 22.0 Å². The monoisotopic (exact) mass is 556 g/mol. The topological polar surface area (TPSA) is 58.6 Å². The zero-order valence-electron chi connectivity index (χ0n) is 20.0. The van der Waals surface area contributed by atoms with E-state index in [0.29, 0.717) is 23.7 Å². The molecule has 0 heterocycles. The molecule has 0 aliphatic carbocycles. The van der Waals surface area contributed by atoms with Crippen molar-refractivity contribution in [2.24, 2.45) is 0 Å². The molecule has 3 aromatic rings. The van der Waals surface area contributed by atoms with Crippen molar-refractivity contribution in [1.82, 2.24) is 10.2 Å². The first-order valence-corrected chi connectivity index (χ1v) is 12.8. The molecule has 0 bridgehead atoms. The number of carbonyl (C=O) groups excluding carboxylic acids is 2. The predicted molar refractivity (Wildman–Crippen MR) is 144 cm³/mol. The van der Waals surface area contributed by atoms with Gasteiger partial charge in [-0.05, 0) is 70.2 Å². The number of hydrogen-bond acceptors (Lipinski definition) is 3. The molecule has 1 N–H and O–H groups in total. The Morgan fingerprint density at radius 1 is 0.971 bits per heavy atom. The SMILES string of the molecule is CCNC(=O)C(Cc1ccccc1)N(Cc1ccc(Cl)cc1)C(=O)COc1ccc(CC)cc1Br. The molecule has 1 unspecified atom stereocenters. The third-order valence-electron chi connectivity index (χ3n) is 5.64. The van der Waals surface area contributed by atoms with Crippen molar-refractivity contribution in [3.05, 3.63) is 99.0 Å². The van der Waals surface area contributed by atoms with Crippen molar-refractivity contribution in [2.75, 3.05) is 13.2 Å². The summed E-state index contributed by atoms with van der Waals surface area (Å²) in [5.74, 6) is 0.102. The van der Waals surface area contributed by atoms with E-state index in [4.69, 9.17) is 16.3 Å². The van der Waals surface area contributed by atoms with Crippen LogP contribution in [-0.2, 0) is 29.0 Å². The summed E-state index contributed by atoms with van der Waals surface area (Å²) in [5, 5.41) is 3.50. The number of nitrogens with one attached hydrogen (secondary N) is 1. The average molecular weight is 558 g/mol. The van der Waals surface area contributed by atoms with Crippen LogP contribution in [0.25, 0.3) is 0 Å². The highest BCUT2D eigenvalue weighted by Gasteiger charge is 2.30. The summed E-state index contributed by atoms with van der Waals surface area (Å²) in [7, 11) is 0. The summed E-state index contributed by atoms with van der Waals surface area (Å²) in [5.41, 5.74) is 3.01. The molecule has 0 radical (unpaired) electrons. The van der Waals surface area contributed by atoms with Gasteiger partial charge in [0.15, 0.2) is 6.61 Å². The number of rotatable bonds is 11. The van der Waals surface area contributed by atoms with E-state index in [1.54, 1.807) is 17.0 Å². The number of likely N-dealkylation sites (N-methyl/N-ethyl adjacent to an activating group) is 1. The molecule has 0 aliphatic heterocycles. The Morgan fingerprint density at radius 2 is 1.66 bits per heavy atom. The normalized spacial score (nSPS) is 11.5. The van der Waals surface area contributed by atoms with Gasteiger partial charge in [0, 0.05) is 24.5 Å². The molecule has 184 valence electrons. The summed E-state index contributed by atoms with van der Waals surface area (Å²) in [6, 6.07) is 22.1. The summed E-state index contributed by atoms with van der Waals surface area (Å²) < 4.78 is 6.68. The van der Waals surface area contributed by atoms with Crippen LogP contribution in [0.4, 0.5) is 0 Å². The molecule has 2 amide bonds. The van der Waals surface area contributed by atoms with E-state index in [1.807, 2.05) is 67.6 Å². The number of aryl methyl sites for hydroxylation is 1. The van der Waals surface area contributed by atoms with E-state index in [-0.39, 0.29) is 25.0 Å². The maximum Gasteiger partial charge on any atom is 0.261 e. The van der Waals surface area contributed by atoms with Gasteiger partial charge in [0.2, 0.25) is 5.91 Å². The highest BCUT2D eigenvalue weighted by Crippen LogP contribution is 2.26. The maximum absolute atomic E-state index is 13.5. The molecule has 5 nitrogen and oxygen atoms in total. The zero-order chi connectivity index (χ0) is 25.2. The van der Waals surface area contributed by atoms with Crippen LogP contribution in [0.1, 0.15) is 30.5 Å². The van der Waals surface area contributed by atoms with Crippen molar-refractivity contribution in [3.8, 4) is 5.75 Å². The van der Waals surface area contributed by atoms with Gasteiger partial charge in [-0.15, -0.1) is 0 Å². The van der Waals surface area contributed by atoms with Crippen LogP contribution in [0, 0.1) is 0 Å². The minimum absolute atomic E-state index is 0.192. The van der Waals surface area contributed by atoms with Crippen LogP contribution >= 0.6 is 27.5 Å². The zero-order valence-corrected chi connectivity index (χ0v) is 22.3. The minimum Gasteiger partial charge on any atom is -0.483 e. The van der Waals surface area contributed by atoms with Crippen LogP contribution in [-0.4, -0.2) is 35.9 Å². The van der Waals surface area contributed by atoms with E-state index in [2.05, 4.69) is 28.2 Å². The Hall–Kier alpha value is -2.83. The fourth-order valence-electron chi connectivity index (χ4n) is 3.74. The molecule has 0 aliphatic rings.